The maximum atomic E-state index is 12.5. The van der Waals surface area contributed by atoms with Crippen LogP contribution in [0.2, 0.25) is 0 Å². The van der Waals surface area contributed by atoms with Crippen molar-refractivity contribution in [2.75, 3.05) is 5.32 Å². The number of hydrogen-bond acceptors (Lipinski definition) is 2. The third-order valence-electron chi connectivity index (χ3n) is 3.56. The Hall–Kier alpha value is -2.50. The molecule has 6 heteroatoms. The average molecular weight is 322 g/mol. The number of amides is 1. The fraction of sp³-hybridized carbons (Fsp3) is 0.235. The van der Waals surface area contributed by atoms with Gasteiger partial charge in [-0.05, 0) is 54.8 Å². The van der Waals surface area contributed by atoms with Gasteiger partial charge in [0.1, 0.15) is 0 Å². The number of carbonyl (C=O) groups is 1. The van der Waals surface area contributed by atoms with Crippen LogP contribution >= 0.6 is 0 Å². The number of nitrogens with one attached hydrogen (secondary N) is 1. The maximum Gasteiger partial charge on any atom is 0.416 e. The third kappa shape index (κ3) is 4.03. The quantitative estimate of drug-likeness (QED) is 0.893. The molecule has 0 aliphatic carbocycles. The lowest BCUT2D eigenvalue weighted by atomic mass is 10.0. The highest BCUT2D eigenvalue weighted by Gasteiger charge is 2.29. The molecule has 0 bridgehead atoms. The Balaban J connectivity index is 2.11. The summed E-state index contributed by atoms with van der Waals surface area (Å²) in [5, 5.41) is 3.13. The van der Waals surface area contributed by atoms with Gasteiger partial charge in [0.25, 0.3) is 0 Å². The number of halogens is 3. The summed E-state index contributed by atoms with van der Waals surface area (Å²) in [6, 6.07) is 8.57. The van der Waals surface area contributed by atoms with Gasteiger partial charge in [0.15, 0.2) is 0 Å². The van der Waals surface area contributed by atoms with Gasteiger partial charge in [-0.1, -0.05) is 12.1 Å². The van der Waals surface area contributed by atoms with E-state index in [0.29, 0.717) is 12.1 Å². The molecule has 0 heterocycles. The fourth-order valence-corrected chi connectivity index (χ4v) is 2.47. The smallest absolute Gasteiger partial charge is 0.381 e. The van der Waals surface area contributed by atoms with E-state index in [2.05, 4.69) is 5.32 Å². The first-order valence-corrected chi connectivity index (χ1v) is 6.99. The van der Waals surface area contributed by atoms with Crippen molar-refractivity contribution in [1.29, 1.82) is 0 Å². The minimum absolute atomic E-state index is 0.382. The summed E-state index contributed by atoms with van der Waals surface area (Å²) in [4.78, 5) is 11.4. The van der Waals surface area contributed by atoms with Gasteiger partial charge < -0.3 is 11.1 Å². The van der Waals surface area contributed by atoms with Gasteiger partial charge in [-0.15, -0.1) is 0 Å². The first-order valence-electron chi connectivity index (χ1n) is 6.99. The Morgan fingerprint density at radius 1 is 1.09 bits per heavy atom. The number of rotatable bonds is 4. The molecule has 0 radical (unpaired) electrons. The highest BCUT2D eigenvalue weighted by Crippen LogP contribution is 2.29. The van der Waals surface area contributed by atoms with Crippen LogP contribution in [0.15, 0.2) is 36.4 Å². The number of nitrogens with two attached hydrogens (primary N) is 1. The van der Waals surface area contributed by atoms with E-state index < -0.39 is 17.6 Å². The number of alkyl halides is 3. The molecule has 0 unspecified atom stereocenters. The maximum absolute atomic E-state index is 12.5. The third-order valence-corrected chi connectivity index (χ3v) is 3.56. The zero-order chi connectivity index (χ0) is 17.2. The fourth-order valence-electron chi connectivity index (χ4n) is 2.47. The minimum atomic E-state index is -4.33. The van der Waals surface area contributed by atoms with E-state index in [1.807, 2.05) is 0 Å². The lowest BCUT2D eigenvalue weighted by molar-refractivity contribution is -0.137. The Morgan fingerprint density at radius 2 is 1.61 bits per heavy atom. The van der Waals surface area contributed by atoms with Crippen molar-refractivity contribution in [1.82, 2.24) is 0 Å². The van der Waals surface area contributed by atoms with E-state index in [-0.39, 0.29) is 0 Å². The molecule has 2 aromatic carbocycles. The summed E-state index contributed by atoms with van der Waals surface area (Å²) in [6.45, 7) is 3.96. The summed E-state index contributed by atoms with van der Waals surface area (Å²) in [6.07, 6.45) is -4.33. The van der Waals surface area contributed by atoms with Crippen LogP contribution in [-0.2, 0) is 12.7 Å². The second-order valence-corrected chi connectivity index (χ2v) is 5.40. The number of carbonyl (C=O) groups excluding carboxylic acids is 1. The van der Waals surface area contributed by atoms with E-state index in [0.717, 1.165) is 34.5 Å². The summed E-state index contributed by atoms with van der Waals surface area (Å²) in [5.41, 5.74) is 8.18. The van der Waals surface area contributed by atoms with Gasteiger partial charge in [0, 0.05) is 17.8 Å². The molecule has 3 N–H and O–H groups in total. The van der Waals surface area contributed by atoms with Gasteiger partial charge in [0.05, 0.1) is 5.56 Å². The lowest BCUT2D eigenvalue weighted by Gasteiger charge is -2.13. The van der Waals surface area contributed by atoms with Crippen molar-refractivity contribution in [2.45, 2.75) is 26.6 Å². The van der Waals surface area contributed by atoms with Crippen LogP contribution in [0.25, 0.3) is 0 Å². The summed E-state index contributed by atoms with van der Waals surface area (Å²) < 4.78 is 37.5. The summed E-state index contributed by atoms with van der Waals surface area (Å²) in [5.74, 6) is -0.478. The van der Waals surface area contributed by atoms with Crippen LogP contribution in [-0.4, -0.2) is 5.91 Å². The van der Waals surface area contributed by atoms with Crippen molar-refractivity contribution in [3.8, 4) is 0 Å². The monoisotopic (exact) mass is 322 g/mol. The molecule has 0 atom stereocenters. The molecule has 1 amide bonds. The zero-order valence-corrected chi connectivity index (χ0v) is 12.8. The van der Waals surface area contributed by atoms with E-state index in [1.54, 1.807) is 26.0 Å². The first-order chi connectivity index (χ1) is 10.7. The largest absolute Gasteiger partial charge is 0.416 e. The Labute approximate surface area is 132 Å². The zero-order valence-electron chi connectivity index (χ0n) is 12.8. The van der Waals surface area contributed by atoms with Crippen LogP contribution in [0, 0.1) is 13.8 Å². The van der Waals surface area contributed by atoms with Gasteiger partial charge in [-0.25, -0.2) is 0 Å². The highest BCUT2D eigenvalue weighted by atomic mass is 19.4. The lowest BCUT2D eigenvalue weighted by Crippen LogP contribution is -2.15. The number of benzene rings is 2. The molecule has 122 valence electrons. The van der Waals surface area contributed by atoms with Gasteiger partial charge in [0.2, 0.25) is 5.91 Å². The predicted octanol–water partition coefficient (Wildman–Crippen LogP) is 4.03. The number of anilines is 1. The molecule has 23 heavy (non-hydrogen) atoms. The SMILES string of the molecule is Cc1cc(NCc2ccc(C(F)(F)F)cc2)cc(C)c1C(N)=O. The van der Waals surface area contributed by atoms with Crippen molar-refractivity contribution < 1.29 is 18.0 Å². The molecule has 2 aromatic rings. The van der Waals surface area contributed by atoms with Crippen LogP contribution in [0.3, 0.4) is 0 Å². The molecule has 0 spiro atoms. The van der Waals surface area contributed by atoms with Gasteiger partial charge in [-0.3, -0.25) is 4.79 Å². The highest BCUT2D eigenvalue weighted by molar-refractivity contribution is 5.96. The topological polar surface area (TPSA) is 55.1 Å². The second kappa shape index (κ2) is 6.32. The first kappa shape index (κ1) is 16.9. The molecule has 0 aromatic heterocycles. The molecule has 0 saturated heterocycles. The van der Waals surface area contributed by atoms with E-state index in [9.17, 15) is 18.0 Å². The molecule has 0 aliphatic heterocycles. The number of aryl methyl sites for hydroxylation is 2. The predicted molar refractivity (Wildman–Crippen MR) is 83.2 cm³/mol. The van der Waals surface area contributed by atoms with Crippen LogP contribution in [0.4, 0.5) is 18.9 Å². The Kier molecular flexibility index (Phi) is 4.63. The van der Waals surface area contributed by atoms with Gasteiger partial charge >= 0.3 is 6.18 Å². The molecule has 0 saturated carbocycles. The molecule has 3 nitrogen and oxygen atoms in total. The normalized spacial score (nSPS) is 11.3. The summed E-state index contributed by atoms with van der Waals surface area (Å²) >= 11 is 0. The van der Waals surface area contributed by atoms with E-state index in [4.69, 9.17) is 5.73 Å². The van der Waals surface area contributed by atoms with Crippen LogP contribution in [0.1, 0.15) is 32.6 Å². The molecule has 0 aliphatic rings. The number of hydrogen-bond donors (Lipinski definition) is 2. The van der Waals surface area contributed by atoms with Crippen molar-refractivity contribution >= 4 is 11.6 Å². The van der Waals surface area contributed by atoms with Crippen molar-refractivity contribution in [2.24, 2.45) is 5.73 Å². The second-order valence-electron chi connectivity index (χ2n) is 5.40. The van der Waals surface area contributed by atoms with E-state index in [1.165, 1.54) is 12.1 Å². The minimum Gasteiger partial charge on any atom is -0.381 e. The molecular formula is C17H17F3N2O. The molecule has 0 fully saturated rings. The Bertz CT molecular complexity index is 699. The van der Waals surface area contributed by atoms with E-state index >= 15 is 0 Å². The van der Waals surface area contributed by atoms with Crippen LogP contribution in [0.5, 0.6) is 0 Å². The molecule has 2 rings (SSSR count). The van der Waals surface area contributed by atoms with Gasteiger partial charge in [-0.2, -0.15) is 13.2 Å². The van der Waals surface area contributed by atoms with Crippen molar-refractivity contribution in [3.05, 3.63) is 64.2 Å². The number of primary amides is 1. The average Bonchev–Trinajstić information content (AvgIpc) is 2.43. The molecular weight excluding hydrogens is 305 g/mol. The van der Waals surface area contributed by atoms with Crippen LogP contribution < -0.4 is 11.1 Å². The standard InChI is InChI=1S/C17H17F3N2O/c1-10-7-14(8-11(2)15(10)16(21)23)22-9-12-3-5-13(6-4-12)17(18,19)20/h3-8,22H,9H2,1-2H3,(H2,21,23). The van der Waals surface area contributed by atoms with Crippen molar-refractivity contribution in [3.63, 3.8) is 0 Å². The Morgan fingerprint density at radius 3 is 2.04 bits per heavy atom. The summed E-state index contributed by atoms with van der Waals surface area (Å²) in [7, 11) is 0.